The van der Waals surface area contributed by atoms with Gasteiger partial charge in [0.25, 0.3) is 0 Å². The van der Waals surface area contributed by atoms with Gasteiger partial charge in [-0.15, -0.1) is 22.7 Å². The van der Waals surface area contributed by atoms with Crippen molar-refractivity contribution in [3.8, 4) is 65.9 Å². The van der Waals surface area contributed by atoms with Gasteiger partial charge in [0.15, 0.2) is 0 Å². The van der Waals surface area contributed by atoms with Crippen molar-refractivity contribution >= 4 is 109 Å². The zero-order valence-corrected chi connectivity index (χ0v) is 44.8. The normalized spacial score (nSPS) is 12.0. The average Bonchev–Trinajstić information content (AvgIpc) is 4.55. The van der Waals surface area contributed by atoms with Crippen molar-refractivity contribution in [2.45, 2.75) is 0 Å². The summed E-state index contributed by atoms with van der Waals surface area (Å²) in [6, 6.07) is 103. The number of fused-ring (bicyclic) bond motifs is 12. The first kappa shape index (κ1) is 45.1. The van der Waals surface area contributed by atoms with Crippen LogP contribution in [0.1, 0.15) is 0 Å². The van der Waals surface area contributed by atoms with Crippen LogP contribution >= 0.6 is 22.7 Å². The van der Waals surface area contributed by atoms with Crippen LogP contribution in [0.2, 0.25) is 0 Å². The van der Waals surface area contributed by atoms with Crippen LogP contribution in [0.25, 0.3) is 152 Å². The van der Waals surface area contributed by atoms with Gasteiger partial charge in [-0.1, -0.05) is 164 Å². The molecule has 0 aliphatic heterocycles. The summed E-state index contributed by atoms with van der Waals surface area (Å²) in [6.07, 6.45) is 0. The minimum Gasteiger partial charge on any atom is -0.309 e. The van der Waals surface area contributed by atoms with E-state index in [1.807, 2.05) is 22.7 Å². The van der Waals surface area contributed by atoms with Crippen molar-refractivity contribution < 1.29 is 0 Å². The highest BCUT2D eigenvalue weighted by Crippen LogP contribution is 2.48. The van der Waals surface area contributed by atoms with E-state index in [0.717, 1.165) is 5.69 Å². The molecular formula is C74H46N4S2. The molecule has 6 heterocycles. The molecule has 374 valence electrons. The van der Waals surface area contributed by atoms with Gasteiger partial charge >= 0.3 is 0 Å². The molecule has 0 aliphatic rings. The minimum absolute atomic E-state index is 1.14. The summed E-state index contributed by atoms with van der Waals surface area (Å²) in [6.45, 7) is 0. The monoisotopic (exact) mass is 1050 g/mol. The molecule has 0 N–H and O–H groups in total. The number of nitrogens with zero attached hydrogens (tertiary/aromatic N) is 4. The minimum atomic E-state index is 1.14. The smallest absolute Gasteiger partial charge is 0.0711 e. The number of benzene rings is 11. The topological polar surface area (TPSA) is 19.7 Å². The lowest BCUT2D eigenvalue weighted by atomic mass is 10.0. The van der Waals surface area contributed by atoms with E-state index in [4.69, 9.17) is 0 Å². The molecule has 11 aromatic carbocycles. The van der Waals surface area contributed by atoms with Crippen LogP contribution in [0.4, 0.5) is 0 Å². The number of rotatable bonds is 8. The Balaban J connectivity index is 0.781. The first-order chi connectivity index (χ1) is 39.7. The van der Waals surface area contributed by atoms with Crippen molar-refractivity contribution in [1.82, 2.24) is 18.3 Å². The van der Waals surface area contributed by atoms with Crippen LogP contribution in [0.5, 0.6) is 0 Å². The molecule has 4 nitrogen and oxygen atoms in total. The Labute approximate surface area is 468 Å². The van der Waals surface area contributed by atoms with Gasteiger partial charge in [0.1, 0.15) is 0 Å². The lowest BCUT2D eigenvalue weighted by molar-refractivity contribution is 1.18. The third-order valence-corrected chi connectivity index (χ3v) is 18.9. The Morgan fingerprint density at radius 2 is 0.475 bits per heavy atom. The van der Waals surface area contributed by atoms with Gasteiger partial charge in [0.05, 0.1) is 53.5 Å². The molecule has 0 spiro atoms. The van der Waals surface area contributed by atoms with Gasteiger partial charge in [0, 0.05) is 64.8 Å². The van der Waals surface area contributed by atoms with E-state index in [-0.39, 0.29) is 0 Å². The molecule has 0 amide bonds. The fourth-order valence-electron chi connectivity index (χ4n) is 12.7. The van der Waals surface area contributed by atoms with Gasteiger partial charge < -0.3 is 18.3 Å². The number of hydrogen-bond donors (Lipinski definition) is 0. The molecule has 0 unspecified atom stereocenters. The molecule has 0 aliphatic carbocycles. The molecule has 6 aromatic heterocycles. The first-order valence-electron chi connectivity index (χ1n) is 27.2. The molecule has 0 bridgehead atoms. The van der Waals surface area contributed by atoms with Crippen LogP contribution in [0.3, 0.4) is 0 Å². The van der Waals surface area contributed by atoms with Gasteiger partial charge in [-0.05, 0) is 149 Å². The molecule has 0 saturated carbocycles. The maximum absolute atomic E-state index is 2.50. The second-order valence-corrected chi connectivity index (χ2v) is 23.0. The van der Waals surface area contributed by atoms with Gasteiger partial charge in [-0.3, -0.25) is 0 Å². The van der Waals surface area contributed by atoms with Crippen LogP contribution < -0.4 is 0 Å². The predicted molar refractivity (Wildman–Crippen MR) is 341 cm³/mol. The van der Waals surface area contributed by atoms with Crippen molar-refractivity contribution in [1.29, 1.82) is 0 Å². The Morgan fingerprint density at radius 1 is 0.188 bits per heavy atom. The molecule has 17 aromatic rings. The Hall–Kier alpha value is -9.98. The maximum Gasteiger partial charge on any atom is 0.0711 e. The standard InChI is InChI=1S/C74H46N4S2/c1-4-16-53(17-5-1)75-63-25-13-10-22-57(63)60-42-50(34-39-66(60)75)47-28-30-49(31-29-47)71-45-69-73(79-71)74-70(46-72(80-74)52-36-41-68-62(44-52)59-24-12-15-27-65(59)77(68)55-20-8-3-9-21-55)78(69)56-37-32-48(33-38-56)51-35-40-67-61(43-51)58-23-11-14-26-64(58)76(67)54-18-6-2-7-19-54/h1-46H. The summed E-state index contributed by atoms with van der Waals surface area (Å²) < 4.78 is 12.3. The predicted octanol–water partition coefficient (Wildman–Crippen LogP) is 20.9. The average molecular weight is 1060 g/mol. The van der Waals surface area contributed by atoms with Gasteiger partial charge in [0.2, 0.25) is 0 Å². The van der Waals surface area contributed by atoms with Crippen molar-refractivity contribution in [2.75, 3.05) is 0 Å². The summed E-state index contributed by atoms with van der Waals surface area (Å²) in [7, 11) is 0. The Morgan fingerprint density at radius 3 is 0.900 bits per heavy atom. The highest BCUT2D eigenvalue weighted by molar-refractivity contribution is 7.30. The van der Waals surface area contributed by atoms with E-state index in [1.54, 1.807) is 0 Å². The van der Waals surface area contributed by atoms with E-state index in [1.165, 1.54) is 146 Å². The third-order valence-electron chi connectivity index (χ3n) is 16.4. The number of aromatic nitrogens is 4. The molecule has 80 heavy (non-hydrogen) atoms. The van der Waals surface area contributed by atoms with Crippen LogP contribution in [-0.4, -0.2) is 18.3 Å². The van der Waals surface area contributed by atoms with E-state index in [0.29, 0.717) is 0 Å². The number of thiophene rings is 2. The summed E-state index contributed by atoms with van der Waals surface area (Å²) in [5.74, 6) is 0. The molecule has 17 rings (SSSR count). The second kappa shape index (κ2) is 17.8. The Bertz CT molecular complexity index is 5260. The summed E-state index contributed by atoms with van der Waals surface area (Å²) in [5.41, 5.74) is 21.6. The zero-order chi connectivity index (χ0) is 52.4. The molecule has 0 fully saturated rings. The molecular weight excluding hydrogens is 1010 g/mol. The lowest BCUT2D eigenvalue weighted by Crippen LogP contribution is -1.93. The van der Waals surface area contributed by atoms with Crippen molar-refractivity contribution in [3.05, 3.63) is 279 Å². The van der Waals surface area contributed by atoms with Crippen LogP contribution in [-0.2, 0) is 0 Å². The van der Waals surface area contributed by atoms with Crippen LogP contribution in [0.15, 0.2) is 279 Å². The largest absolute Gasteiger partial charge is 0.309 e. The second-order valence-electron chi connectivity index (χ2n) is 20.9. The van der Waals surface area contributed by atoms with Crippen LogP contribution in [0, 0.1) is 0 Å². The molecule has 6 heteroatoms. The third kappa shape index (κ3) is 6.93. The van der Waals surface area contributed by atoms with E-state index in [9.17, 15) is 0 Å². The van der Waals surface area contributed by atoms with E-state index < -0.39 is 0 Å². The molecule has 0 atom stereocenters. The molecule has 0 saturated heterocycles. The van der Waals surface area contributed by atoms with Crippen molar-refractivity contribution in [3.63, 3.8) is 0 Å². The summed E-state index contributed by atoms with van der Waals surface area (Å²) >= 11 is 3.80. The fourth-order valence-corrected chi connectivity index (χ4v) is 15.2. The molecule has 0 radical (unpaired) electrons. The number of hydrogen-bond acceptors (Lipinski definition) is 2. The highest BCUT2D eigenvalue weighted by Gasteiger charge is 2.22. The zero-order valence-electron chi connectivity index (χ0n) is 43.2. The Kier molecular flexibility index (Phi) is 10.0. The fraction of sp³-hybridized carbons (Fsp3) is 0. The quantitative estimate of drug-likeness (QED) is 0.145. The van der Waals surface area contributed by atoms with Crippen molar-refractivity contribution in [2.24, 2.45) is 0 Å². The first-order valence-corrected chi connectivity index (χ1v) is 28.9. The summed E-state index contributed by atoms with van der Waals surface area (Å²) in [4.78, 5) is 2.51. The number of para-hydroxylation sites is 6. The SMILES string of the molecule is c1ccc(-n2c3ccccc3c3cc(-c4ccc(-c5cc6c(s5)c5sc(-c7ccc8c(c7)c7ccccc7n8-c7ccccc7)cc5n6-c5ccc(-c6ccc7c(c6)c6ccccc6n7-c6ccccc6)cc5)cc4)ccc32)cc1. The lowest BCUT2D eigenvalue weighted by Gasteiger charge is -2.10. The van der Waals surface area contributed by atoms with E-state index >= 15 is 0 Å². The maximum atomic E-state index is 2.50. The van der Waals surface area contributed by atoms with Gasteiger partial charge in [-0.2, -0.15) is 0 Å². The van der Waals surface area contributed by atoms with E-state index in [2.05, 4.69) is 297 Å². The summed E-state index contributed by atoms with van der Waals surface area (Å²) in [5, 5.41) is 7.53. The van der Waals surface area contributed by atoms with Gasteiger partial charge in [-0.25, -0.2) is 0 Å². The highest BCUT2D eigenvalue weighted by atomic mass is 32.1.